The Bertz CT molecular complexity index is 1160. The SMILES string of the molecule is Cc1sc2nc(CN(C3CCCC3)S(=O)(=O)c3ccccc3)[nH]c(=O)c2c1C. The van der Waals surface area contributed by atoms with Crippen molar-refractivity contribution in [1.82, 2.24) is 14.3 Å². The fourth-order valence-electron chi connectivity index (χ4n) is 3.85. The van der Waals surface area contributed by atoms with Crippen molar-refractivity contribution in [3.63, 3.8) is 0 Å². The molecule has 0 radical (unpaired) electrons. The molecule has 0 saturated heterocycles. The highest BCUT2D eigenvalue weighted by Gasteiger charge is 2.34. The number of nitrogens with zero attached hydrogens (tertiary/aromatic N) is 2. The van der Waals surface area contributed by atoms with E-state index in [1.165, 1.54) is 15.6 Å². The number of aryl methyl sites for hydroxylation is 2. The van der Waals surface area contributed by atoms with E-state index in [-0.39, 0.29) is 23.0 Å². The Morgan fingerprint density at radius 3 is 2.54 bits per heavy atom. The second kappa shape index (κ2) is 7.42. The second-order valence-corrected chi connectivity index (χ2v) is 10.4. The fourth-order valence-corrected chi connectivity index (χ4v) is 6.57. The van der Waals surface area contributed by atoms with Gasteiger partial charge >= 0.3 is 0 Å². The first kappa shape index (κ1) is 19.3. The van der Waals surface area contributed by atoms with E-state index in [4.69, 9.17) is 0 Å². The average molecular weight is 418 g/mol. The number of hydrogen-bond donors (Lipinski definition) is 1. The molecule has 4 rings (SSSR count). The molecule has 1 saturated carbocycles. The number of fused-ring (bicyclic) bond motifs is 1. The van der Waals surface area contributed by atoms with Gasteiger partial charge in [-0.05, 0) is 44.4 Å². The summed E-state index contributed by atoms with van der Waals surface area (Å²) < 4.78 is 28.2. The largest absolute Gasteiger partial charge is 0.309 e. The van der Waals surface area contributed by atoms with E-state index in [2.05, 4.69) is 9.97 Å². The van der Waals surface area contributed by atoms with Gasteiger partial charge < -0.3 is 4.98 Å². The van der Waals surface area contributed by atoms with Gasteiger partial charge in [0.05, 0.1) is 16.8 Å². The zero-order valence-electron chi connectivity index (χ0n) is 15.9. The van der Waals surface area contributed by atoms with Gasteiger partial charge in [-0.1, -0.05) is 31.0 Å². The standard InChI is InChI=1S/C20H23N3O3S2/c1-13-14(2)27-20-18(13)19(24)21-17(22-20)12-23(15-8-6-7-9-15)28(25,26)16-10-4-3-5-11-16/h3-5,10-11,15H,6-9,12H2,1-2H3,(H,21,22,24). The van der Waals surface area contributed by atoms with Gasteiger partial charge in [-0.25, -0.2) is 13.4 Å². The van der Waals surface area contributed by atoms with Crippen LogP contribution in [0.15, 0.2) is 40.0 Å². The van der Waals surface area contributed by atoms with Crippen molar-refractivity contribution in [2.24, 2.45) is 0 Å². The summed E-state index contributed by atoms with van der Waals surface area (Å²) in [4.78, 5) is 22.0. The summed E-state index contributed by atoms with van der Waals surface area (Å²) in [5.41, 5.74) is 0.732. The first-order valence-electron chi connectivity index (χ1n) is 9.43. The Hall–Kier alpha value is -2.03. The maximum atomic E-state index is 13.3. The number of hydrogen-bond acceptors (Lipinski definition) is 5. The number of aromatic nitrogens is 2. The number of nitrogens with one attached hydrogen (secondary N) is 1. The van der Waals surface area contributed by atoms with E-state index >= 15 is 0 Å². The molecular weight excluding hydrogens is 394 g/mol. The van der Waals surface area contributed by atoms with Crippen molar-refractivity contribution >= 4 is 31.6 Å². The number of rotatable bonds is 5. The lowest BCUT2D eigenvalue weighted by Crippen LogP contribution is -2.39. The van der Waals surface area contributed by atoms with Gasteiger partial charge in [-0.3, -0.25) is 4.79 Å². The molecule has 1 N–H and O–H groups in total. The Morgan fingerprint density at radius 1 is 1.18 bits per heavy atom. The third-order valence-electron chi connectivity index (χ3n) is 5.48. The van der Waals surface area contributed by atoms with Crippen LogP contribution in [0.1, 0.15) is 41.9 Å². The molecule has 1 fully saturated rings. The number of thiophene rings is 1. The smallest absolute Gasteiger partial charge is 0.259 e. The zero-order chi connectivity index (χ0) is 19.9. The Balaban J connectivity index is 1.77. The van der Waals surface area contributed by atoms with Crippen LogP contribution < -0.4 is 5.56 Å². The van der Waals surface area contributed by atoms with Crippen LogP contribution in [-0.2, 0) is 16.6 Å². The summed E-state index contributed by atoms with van der Waals surface area (Å²) in [6, 6.07) is 8.41. The van der Waals surface area contributed by atoms with E-state index in [9.17, 15) is 13.2 Å². The fraction of sp³-hybridized carbons (Fsp3) is 0.400. The maximum absolute atomic E-state index is 13.3. The molecule has 0 spiro atoms. The van der Waals surface area contributed by atoms with Crippen LogP contribution in [0.5, 0.6) is 0 Å². The summed E-state index contributed by atoms with van der Waals surface area (Å²) >= 11 is 1.47. The highest BCUT2D eigenvalue weighted by atomic mass is 32.2. The highest BCUT2D eigenvalue weighted by molar-refractivity contribution is 7.89. The van der Waals surface area contributed by atoms with Crippen molar-refractivity contribution in [3.8, 4) is 0 Å². The van der Waals surface area contributed by atoms with Crippen LogP contribution in [0.4, 0.5) is 0 Å². The molecule has 0 aliphatic heterocycles. The molecule has 1 aromatic carbocycles. The predicted molar refractivity (Wildman–Crippen MR) is 111 cm³/mol. The molecule has 1 aliphatic rings. The van der Waals surface area contributed by atoms with Crippen LogP contribution in [0.25, 0.3) is 10.2 Å². The summed E-state index contributed by atoms with van der Waals surface area (Å²) in [6.07, 6.45) is 3.68. The summed E-state index contributed by atoms with van der Waals surface area (Å²) in [5.74, 6) is 0.394. The summed E-state index contributed by atoms with van der Waals surface area (Å²) in [5, 5.41) is 0.601. The van der Waals surface area contributed by atoms with Gasteiger partial charge in [0, 0.05) is 10.9 Å². The first-order chi connectivity index (χ1) is 13.4. The predicted octanol–water partition coefficient (Wildman–Crippen LogP) is 3.73. The lowest BCUT2D eigenvalue weighted by atomic mass is 10.2. The molecule has 3 aromatic rings. The lowest BCUT2D eigenvalue weighted by molar-refractivity contribution is 0.310. The van der Waals surface area contributed by atoms with Crippen LogP contribution in [0.3, 0.4) is 0 Å². The van der Waals surface area contributed by atoms with Crippen molar-refractivity contribution < 1.29 is 8.42 Å². The minimum absolute atomic E-state index is 0.0713. The third-order valence-corrected chi connectivity index (χ3v) is 8.49. The molecule has 8 heteroatoms. The van der Waals surface area contributed by atoms with Crippen molar-refractivity contribution in [1.29, 1.82) is 0 Å². The van der Waals surface area contributed by atoms with Gasteiger partial charge in [-0.15, -0.1) is 11.3 Å². The average Bonchev–Trinajstić information content (AvgIpc) is 3.29. The molecule has 0 atom stereocenters. The normalized spacial score (nSPS) is 15.7. The molecular formula is C20H23N3O3S2. The first-order valence-corrected chi connectivity index (χ1v) is 11.7. The number of H-pyrrole nitrogens is 1. The number of aromatic amines is 1. The molecule has 0 bridgehead atoms. The maximum Gasteiger partial charge on any atom is 0.259 e. The van der Waals surface area contributed by atoms with Crippen LogP contribution in [0, 0.1) is 13.8 Å². The zero-order valence-corrected chi connectivity index (χ0v) is 17.6. The van der Waals surface area contributed by atoms with Gasteiger partial charge in [0.25, 0.3) is 5.56 Å². The van der Waals surface area contributed by atoms with Crippen molar-refractivity contribution in [2.45, 2.75) is 57.0 Å². The molecule has 2 heterocycles. The Labute approximate surface area is 168 Å². The van der Waals surface area contributed by atoms with E-state index in [0.717, 1.165) is 36.1 Å². The number of sulfonamides is 1. The molecule has 1 aliphatic carbocycles. The monoisotopic (exact) mass is 417 g/mol. The van der Waals surface area contributed by atoms with Gasteiger partial charge in [0.1, 0.15) is 10.7 Å². The van der Waals surface area contributed by atoms with E-state index < -0.39 is 10.0 Å². The van der Waals surface area contributed by atoms with Crippen molar-refractivity contribution in [3.05, 3.63) is 57.0 Å². The second-order valence-electron chi connectivity index (χ2n) is 7.28. The highest BCUT2D eigenvalue weighted by Crippen LogP contribution is 2.30. The molecule has 28 heavy (non-hydrogen) atoms. The van der Waals surface area contributed by atoms with Gasteiger partial charge in [-0.2, -0.15) is 4.31 Å². The van der Waals surface area contributed by atoms with Gasteiger partial charge in [0.15, 0.2) is 0 Å². The molecule has 0 unspecified atom stereocenters. The third kappa shape index (κ3) is 3.40. The Kier molecular flexibility index (Phi) is 5.11. The molecule has 6 nitrogen and oxygen atoms in total. The van der Waals surface area contributed by atoms with E-state index in [0.29, 0.717) is 16.0 Å². The quantitative estimate of drug-likeness (QED) is 0.686. The summed E-state index contributed by atoms with van der Waals surface area (Å²) in [7, 11) is -3.68. The van der Waals surface area contributed by atoms with E-state index in [1.807, 2.05) is 13.8 Å². The summed E-state index contributed by atoms with van der Waals surface area (Å²) in [6.45, 7) is 3.95. The van der Waals surface area contributed by atoms with Crippen LogP contribution in [-0.4, -0.2) is 28.7 Å². The number of benzene rings is 1. The van der Waals surface area contributed by atoms with E-state index in [1.54, 1.807) is 30.3 Å². The van der Waals surface area contributed by atoms with Crippen LogP contribution in [0.2, 0.25) is 0 Å². The minimum atomic E-state index is -3.68. The molecule has 2 aromatic heterocycles. The molecule has 148 valence electrons. The lowest BCUT2D eigenvalue weighted by Gasteiger charge is -2.27. The minimum Gasteiger partial charge on any atom is -0.309 e. The van der Waals surface area contributed by atoms with Crippen molar-refractivity contribution in [2.75, 3.05) is 0 Å². The molecule has 0 amide bonds. The van der Waals surface area contributed by atoms with Gasteiger partial charge in [0.2, 0.25) is 10.0 Å². The van der Waals surface area contributed by atoms with Crippen LogP contribution >= 0.6 is 11.3 Å². The topological polar surface area (TPSA) is 83.1 Å². The Morgan fingerprint density at radius 2 is 1.86 bits per heavy atom.